The zero-order valence-corrected chi connectivity index (χ0v) is 17.3. The van der Waals surface area contributed by atoms with Gasteiger partial charge in [0.1, 0.15) is 11.3 Å². The number of hydrogen-bond acceptors (Lipinski definition) is 6. The first kappa shape index (κ1) is 18.6. The molecule has 3 aromatic heterocycles. The Morgan fingerprint density at radius 1 is 1.09 bits per heavy atom. The maximum absolute atomic E-state index is 14.1. The van der Waals surface area contributed by atoms with E-state index in [1.165, 1.54) is 6.33 Å². The van der Waals surface area contributed by atoms with Gasteiger partial charge in [0.2, 0.25) is 0 Å². The summed E-state index contributed by atoms with van der Waals surface area (Å²) in [6.07, 6.45) is 0.562. The number of aryl methyl sites for hydroxylation is 1. The van der Waals surface area contributed by atoms with E-state index in [9.17, 15) is 9.18 Å². The van der Waals surface area contributed by atoms with E-state index >= 15 is 0 Å². The predicted molar refractivity (Wildman–Crippen MR) is 118 cm³/mol. The fourth-order valence-corrected chi connectivity index (χ4v) is 4.58. The molecule has 0 aliphatic carbocycles. The van der Waals surface area contributed by atoms with Crippen molar-refractivity contribution in [2.24, 2.45) is 0 Å². The molecule has 0 spiro atoms. The molecule has 0 amide bonds. The van der Waals surface area contributed by atoms with Gasteiger partial charge in [-0.3, -0.25) is 9.36 Å². The minimum Gasteiger partial charge on any atom is -0.357 e. The molecule has 1 aliphatic heterocycles. The molecule has 5 aromatic rings. The standard InChI is InChI=1S/C23H18FN7O/c1-11-6-5-8-14-16(11)22(32)31-15-9-4-3-7-13(15)12(2)17(21(31)27-14)28-20-18-19(26-10-25-18)29-23(24)30-20/h3-10,12,17H,1-2H3,(H2,25,26,28,29,30). The maximum atomic E-state index is 14.1. The van der Waals surface area contributed by atoms with Gasteiger partial charge in [-0.1, -0.05) is 37.3 Å². The highest BCUT2D eigenvalue weighted by Gasteiger charge is 2.34. The number of para-hydroxylation sites is 1. The van der Waals surface area contributed by atoms with Gasteiger partial charge in [-0.15, -0.1) is 0 Å². The minimum atomic E-state index is -0.879. The van der Waals surface area contributed by atoms with Crippen LogP contribution in [0.3, 0.4) is 0 Å². The van der Waals surface area contributed by atoms with E-state index in [2.05, 4.69) is 25.3 Å². The SMILES string of the molecule is Cc1cccc2nc3n(c(=O)c12)-c1ccccc1C(C)C3Nc1nc(F)nc2nc[nH]c12. The van der Waals surface area contributed by atoms with Crippen molar-refractivity contribution in [2.45, 2.75) is 25.8 Å². The summed E-state index contributed by atoms with van der Waals surface area (Å²) in [5.41, 5.74) is 3.87. The third-order valence-electron chi connectivity index (χ3n) is 6.13. The molecule has 0 radical (unpaired) electrons. The highest BCUT2D eigenvalue weighted by molar-refractivity contribution is 5.83. The van der Waals surface area contributed by atoms with Crippen LogP contribution in [-0.2, 0) is 0 Å². The second kappa shape index (κ2) is 6.68. The van der Waals surface area contributed by atoms with Gasteiger partial charge < -0.3 is 10.3 Å². The van der Waals surface area contributed by atoms with E-state index in [-0.39, 0.29) is 22.9 Å². The van der Waals surface area contributed by atoms with E-state index in [0.29, 0.717) is 22.2 Å². The topological polar surface area (TPSA) is 101 Å². The third kappa shape index (κ3) is 2.57. The van der Waals surface area contributed by atoms with Gasteiger partial charge >= 0.3 is 6.08 Å². The van der Waals surface area contributed by atoms with Gasteiger partial charge in [-0.2, -0.15) is 14.4 Å². The van der Waals surface area contributed by atoms with Crippen LogP contribution >= 0.6 is 0 Å². The van der Waals surface area contributed by atoms with Gasteiger partial charge in [-0.25, -0.2) is 9.97 Å². The summed E-state index contributed by atoms with van der Waals surface area (Å²) in [5.74, 6) is 0.744. The molecular weight excluding hydrogens is 409 g/mol. The first-order valence-electron chi connectivity index (χ1n) is 10.3. The Hall–Kier alpha value is -4.14. The monoisotopic (exact) mass is 427 g/mol. The fourth-order valence-electron chi connectivity index (χ4n) is 4.58. The van der Waals surface area contributed by atoms with Crippen LogP contribution in [0.25, 0.3) is 27.8 Å². The summed E-state index contributed by atoms with van der Waals surface area (Å²) in [6.45, 7) is 3.96. The average molecular weight is 427 g/mol. The number of hydrogen-bond donors (Lipinski definition) is 2. The molecular formula is C23H18FN7O. The van der Waals surface area contributed by atoms with Crippen LogP contribution in [0.2, 0.25) is 0 Å². The molecule has 6 rings (SSSR count). The number of anilines is 1. The lowest BCUT2D eigenvalue weighted by Crippen LogP contribution is -2.35. The van der Waals surface area contributed by atoms with Crippen molar-refractivity contribution in [1.29, 1.82) is 0 Å². The van der Waals surface area contributed by atoms with Crippen molar-refractivity contribution >= 4 is 27.9 Å². The summed E-state index contributed by atoms with van der Waals surface area (Å²) in [6, 6.07) is 13.0. The molecule has 2 N–H and O–H groups in total. The largest absolute Gasteiger partial charge is 0.357 e. The van der Waals surface area contributed by atoms with Gasteiger partial charge in [-0.05, 0) is 30.2 Å². The number of nitrogens with one attached hydrogen (secondary N) is 2. The van der Waals surface area contributed by atoms with Crippen molar-refractivity contribution in [1.82, 2.24) is 29.5 Å². The summed E-state index contributed by atoms with van der Waals surface area (Å²) in [4.78, 5) is 33.2. The zero-order chi connectivity index (χ0) is 22.0. The van der Waals surface area contributed by atoms with E-state index in [0.717, 1.165) is 16.8 Å². The second-order valence-electron chi connectivity index (χ2n) is 7.99. The average Bonchev–Trinajstić information content (AvgIpc) is 3.25. The lowest BCUT2D eigenvalue weighted by Gasteiger charge is -2.34. The Kier molecular flexibility index (Phi) is 3.89. The highest BCUT2D eigenvalue weighted by atomic mass is 19.1. The van der Waals surface area contributed by atoms with Crippen LogP contribution < -0.4 is 10.9 Å². The van der Waals surface area contributed by atoms with Gasteiger partial charge in [0, 0.05) is 5.92 Å². The summed E-state index contributed by atoms with van der Waals surface area (Å²) < 4.78 is 15.7. The zero-order valence-electron chi connectivity index (χ0n) is 17.3. The molecule has 8 nitrogen and oxygen atoms in total. The maximum Gasteiger partial charge on any atom is 0.312 e. The van der Waals surface area contributed by atoms with Crippen molar-refractivity contribution in [3.8, 4) is 5.69 Å². The van der Waals surface area contributed by atoms with Crippen molar-refractivity contribution in [3.63, 3.8) is 0 Å². The van der Waals surface area contributed by atoms with E-state index in [4.69, 9.17) is 4.98 Å². The van der Waals surface area contributed by atoms with Crippen molar-refractivity contribution in [3.05, 3.63) is 82.2 Å². The van der Waals surface area contributed by atoms with Crippen LogP contribution in [0.4, 0.5) is 10.2 Å². The smallest absolute Gasteiger partial charge is 0.312 e. The number of halogens is 1. The molecule has 0 saturated heterocycles. The highest BCUT2D eigenvalue weighted by Crippen LogP contribution is 2.41. The number of H-pyrrole nitrogens is 1. The molecule has 4 heterocycles. The van der Waals surface area contributed by atoms with E-state index < -0.39 is 12.1 Å². The summed E-state index contributed by atoms with van der Waals surface area (Å²) in [5, 5.41) is 3.91. The lowest BCUT2D eigenvalue weighted by atomic mass is 9.87. The molecule has 32 heavy (non-hydrogen) atoms. The quantitative estimate of drug-likeness (QED) is 0.416. The molecule has 9 heteroatoms. The Morgan fingerprint density at radius 3 is 2.81 bits per heavy atom. The van der Waals surface area contributed by atoms with Gasteiger partial charge in [0.05, 0.1) is 29.0 Å². The molecule has 2 atom stereocenters. The van der Waals surface area contributed by atoms with Crippen molar-refractivity contribution < 1.29 is 4.39 Å². The van der Waals surface area contributed by atoms with Gasteiger partial charge in [0.15, 0.2) is 11.5 Å². The van der Waals surface area contributed by atoms with Crippen LogP contribution in [-0.4, -0.2) is 29.5 Å². The number of imidazole rings is 1. The molecule has 0 bridgehead atoms. The number of nitrogens with zero attached hydrogens (tertiary/aromatic N) is 5. The molecule has 0 saturated carbocycles. The second-order valence-corrected chi connectivity index (χ2v) is 7.99. The Morgan fingerprint density at radius 2 is 1.94 bits per heavy atom. The van der Waals surface area contributed by atoms with E-state index in [1.807, 2.05) is 56.3 Å². The first-order valence-corrected chi connectivity index (χ1v) is 10.3. The molecule has 2 aromatic carbocycles. The number of aromatic nitrogens is 6. The molecule has 1 aliphatic rings. The number of aromatic amines is 1. The first-order chi connectivity index (χ1) is 15.5. The van der Waals surface area contributed by atoms with Crippen molar-refractivity contribution in [2.75, 3.05) is 5.32 Å². The van der Waals surface area contributed by atoms with Crippen LogP contribution in [0.1, 0.15) is 35.8 Å². The number of benzene rings is 2. The number of fused-ring (bicyclic) bond motifs is 5. The van der Waals surface area contributed by atoms with Crippen LogP contribution in [0.15, 0.2) is 53.6 Å². The Labute approximate surface area is 181 Å². The molecule has 158 valence electrons. The minimum absolute atomic E-state index is 0.0728. The third-order valence-corrected chi connectivity index (χ3v) is 6.13. The molecule has 0 fully saturated rings. The normalized spacial score (nSPS) is 17.3. The van der Waals surface area contributed by atoms with E-state index in [1.54, 1.807) is 4.57 Å². The fraction of sp³-hybridized carbons (Fsp3) is 0.174. The summed E-state index contributed by atoms with van der Waals surface area (Å²) in [7, 11) is 0. The predicted octanol–water partition coefficient (Wildman–Crippen LogP) is 3.77. The Bertz CT molecular complexity index is 1590. The lowest BCUT2D eigenvalue weighted by molar-refractivity contribution is 0.532. The molecule has 2 unspecified atom stereocenters. The number of rotatable bonds is 2. The van der Waals surface area contributed by atoms with Crippen LogP contribution in [0, 0.1) is 13.0 Å². The van der Waals surface area contributed by atoms with Gasteiger partial charge in [0.25, 0.3) is 5.56 Å². The Balaban J connectivity index is 1.64. The van der Waals surface area contributed by atoms with Crippen LogP contribution in [0.5, 0.6) is 0 Å². The summed E-state index contributed by atoms with van der Waals surface area (Å²) >= 11 is 0.